The largest absolute Gasteiger partial charge is 0.378 e. The number of hydrogen-bond donors (Lipinski definition) is 1. The SMILES string of the molecule is CCc1ccc(CCC(=O)Nc2ccc(N3CCOCC3)c(F)c2)cc1. The molecule has 1 aliphatic rings. The van der Waals surface area contributed by atoms with Crippen LogP contribution >= 0.6 is 0 Å². The average Bonchev–Trinajstić information content (AvgIpc) is 2.67. The fraction of sp³-hybridized carbons (Fsp3) is 0.381. The number of nitrogens with one attached hydrogen (secondary N) is 1. The van der Waals surface area contributed by atoms with E-state index in [-0.39, 0.29) is 11.7 Å². The zero-order chi connectivity index (χ0) is 18.4. The predicted molar refractivity (Wildman–Crippen MR) is 102 cm³/mol. The molecule has 0 aromatic heterocycles. The van der Waals surface area contributed by atoms with Gasteiger partial charge in [-0.25, -0.2) is 4.39 Å². The Bertz CT molecular complexity index is 740. The molecule has 3 rings (SSSR count). The molecule has 138 valence electrons. The van der Waals surface area contributed by atoms with Crippen LogP contribution in [0.4, 0.5) is 15.8 Å². The lowest BCUT2D eigenvalue weighted by molar-refractivity contribution is -0.116. The first-order valence-corrected chi connectivity index (χ1v) is 9.15. The Morgan fingerprint density at radius 1 is 1.12 bits per heavy atom. The minimum Gasteiger partial charge on any atom is -0.378 e. The second-order valence-electron chi connectivity index (χ2n) is 6.48. The van der Waals surface area contributed by atoms with Gasteiger partial charge in [-0.05, 0) is 42.2 Å². The molecular weight excluding hydrogens is 331 g/mol. The monoisotopic (exact) mass is 356 g/mol. The van der Waals surface area contributed by atoms with E-state index >= 15 is 0 Å². The van der Waals surface area contributed by atoms with Gasteiger partial charge in [0.25, 0.3) is 0 Å². The van der Waals surface area contributed by atoms with E-state index in [9.17, 15) is 9.18 Å². The zero-order valence-corrected chi connectivity index (χ0v) is 15.1. The highest BCUT2D eigenvalue weighted by molar-refractivity contribution is 5.91. The van der Waals surface area contributed by atoms with Crippen molar-refractivity contribution in [3.8, 4) is 0 Å². The van der Waals surface area contributed by atoms with Crippen LogP contribution in [0.15, 0.2) is 42.5 Å². The maximum absolute atomic E-state index is 14.4. The average molecular weight is 356 g/mol. The number of carbonyl (C=O) groups is 1. The van der Waals surface area contributed by atoms with Crippen LogP contribution in [0.2, 0.25) is 0 Å². The highest BCUT2D eigenvalue weighted by atomic mass is 19.1. The number of anilines is 2. The van der Waals surface area contributed by atoms with Crippen molar-refractivity contribution in [2.45, 2.75) is 26.2 Å². The molecule has 1 amide bonds. The normalized spacial score (nSPS) is 14.3. The van der Waals surface area contributed by atoms with Crippen molar-refractivity contribution in [3.05, 3.63) is 59.4 Å². The number of nitrogens with zero attached hydrogens (tertiary/aromatic N) is 1. The number of morpholine rings is 1. The molecule has 1 aliphatic heterocycles. The topological polar surface area (TPSA) is 41.6 Å². The van der Waals surface area contributed by atoms with Crippen molar-refractivity contribution in [2.75, 3.05) is 36.5 Å². The quantitative estimate of drug-likeness (QED) is 0.856. The third-order valence-corrected chi connectivity index (χ3v) is 4.66. The lowest BCUT2D eigenvalue weighted by Crippen LogP contribution is -2.36. The summed E-state index contributed by atoms with van der Waals surface area (Å²) < 4.78 is 19.7. The summed E-state index contributed by atoms with van der Waals surface area (Å²) in [5.41, 5.74) is 3.47. The lowest BCUT2D eigenvalue weighted by Gasteiger charge is -2.29. The van der Waals surface area contributed by atoms with Gasteiger partial charge >= 0.3 is 0 Å². The Morgan fingerprint density at radius 3 is 2.46 bits per heavy atom. The molecule has 0 radical (unpaired) electrons. The number of ether oxygens (including phenoxy) is 1. The molecule has 0 atom stereocenters. The van der Waals surface area contributed by atoms with Gasteiger partial charge in [-0.3, -0.25) is 4.79 Å². The van der Waals surface area contributed by atoms with Crippen LogP contribution in [0.5, 0.6) is 0 Å². The maximum Gasteiger partial charge on any atom is 0.224 e. The summed E-state index contributed by atoms with van der Waals surface area (Å²) in [5.74, 6) is -0.428. The Labute approximate surface area is 154 Å². The summed E-state index contributed by atoms with van der Waals surface area (Å²) in [6, 6.07) is 13.2. The molecule has 0 saturated carbocycles. The second-order valence-corrected chi connectivity index (χ2v) is 6.48. The molecule has 0 unspecified atom stereocenters. The van der Waals surface area contributed by atoms with Crippen LogP contribution < -0.4 is 10.2 Å². The van der Waals surface area contributed by atoms with Gasteiger partial charge in [0.1, 0.15) is 5.82 Å². The van der Waals surface area contributed by atoms with Gasteiger partial charge in [0.05, 0.1) is 18.9 Å². The summed E-state index contributed by atoms with van der Waals surface area (Å²) in [4.78, 5) is 14.1. The second kappa shape index (κ2) is 8.81. The maximum atomic E-state index is 14.4. The number of carbonyl (C=O) groups excluding carboxylic acids is 1. The third kappa shape index (κ3) is 4.82. The Balaban J connectivity index is 1.54. The van der Waals surface area contributed by atoms with Gasteiger partial charge in [0.15, 0.2) is 0 Å². The van der Waals surface area contributed by atoms with Gasteiger partial charge in [0, 0.05) is 25.2 Å². The van der Waals surface area contributed by atoms with Gasteiger partial charge in [-0.1, -0.05) is 31.2 Å². The van der Waals surface area contributed by atoms with Crippen molar-refractivity contribution >= 4 is 17.3 Å². The predicted octanol–water partition coefficient (Wildman–Crippen LogP) is 3.80. The molecule has 1 heterocycles. The highest BCUT2D eigenvalue weighted by Gasteiger charge is 2.15. The van der Waals surface area contributed by atoms with Crippen molar-refractivity contribution in [1.29, 1.82) is 0 Å². The molecule has 2 aromatic carbocycles. The number of benzene rings is 2. The van der Waals surface area contributed by atoms with Gasteiger partial charge in [-0.2, -0.15) is 0 Å². The van der Waals surface area contributed by atoms with Crippen LogP contribution in [-0.2, 0) is 22.4 Å². The molecule has 26 heavy (non-hydrogen) atoms. The van der Waals surface area contributed by atoms with Crippen LogP contribution in [0.3, 0.4) is 0 Å². The standard InChI is InChI=1S/C21H25FN2O2/c1-2-16-3-5-17(6-4-16)7-10-21(25)23-18-8-9-20(19(22)15-18)24-11-13-26-14-12-24/h3-6,8-9,15H,2,7,10-14H2,1H3,(H,23,25). The summed E-state index contributed by atoms with van der Waals surface area (Å²) >= 11 is 0. The summed E-state index contributed by atoms with van der Waals surface area (Å²) in [5, 5.41) is 2.78. The molecule has 1 saturated heterocycles. The van der Waals surface area contributed by atoms with Crippen molar-refractivity contribution < 1.29 is 13.9 Å². The third-order valence-electron chi connectivity index (χ3n) is 4.66. The Morgan fingerprint density at radius 2 is 1.81 bits per heavy atom. The number of amides is 1. The van der Waals surface area contributed by atoms with E-state index in [1.54, 1.807) is 12.1 Å². The van der Waals surface area contributed by atoms with Gasteiger partial charge in [-0.15, -0.1) is 0 Å². The fourth-order valence-electron chi connectivity index (χ4n) is 3.07. The van der Waals surface area contributed by atoms with Crippen LogP contribution in [0, 0.1) is 5.82 Å². The molecule has 0 aliphatic carbocycles. The highest BCUT2D eigenvalue weighted by Crippen LogP contribution is 2.24. The summed E-state index contributed by atoms with van der Waals surface area (Å²) in [6.45, 7) is 4.69. The molecule has 0 spiro atoms. The number of hydrogen-bond acceptors (Lipinski definition) is 3. The molecule has 4 nitrogen and oxygen atoms in total. The minimum atomic E-state index is -0.320. The first-order chi connectivity index (χ1) is 12.7. The minimum absolute atomic E-state index is 0.108. The van der Waals surface area contributed by atoms with E-state index < -0.39 is 0 Å². The number of rotatable bonds is 6. The number of halogens is 1. The van der Waals surface area contributed by atoms with Gasteiger partial charge < -0.3 is 15.0 Å². The van der Waals surface area contributed by atoms with Gasteiger partial charge in [0.2, 0.25) is 5.91 Å². The van der Waals surface area contributed by atoms with E-state index in [1.165, 1.54) is 11.6 Å². The van der Waals surface area contributed by atoms with E-state index in [0.717, 1.165) is 12.0 Å². The van der Waals surface area contributed by atoms with Crippen molar-refractivity contribution in [3.63, 3.8) is 0 Å². The Hall–Kier alpha value is -2.40. The van der Waals surface area contributed by atoms with Crippen molar-refractivity contribution in [2.24, 2.45) is 0 Å². The fourth-order valence-corrected chi connectivity index (χ4v) is 3.07. The molecule has 1 fully saturated rings. The smallest absolute Gasteiger partial charge is 0.224 e. The van der Waals surface area contributed by atoms with Crippen molar-refractivity contribution in [1.82, 2.24) is 0 Å². The lowest BCUT2D eigenvalue weighted by atomic mass is 10.1. The van der Waals surface area contributed by atoms with Crippen LogP contribution in [0.25, 0.3) is 0 Å². The van der Waals surface area contributed by atoms with E-state index in [2.05, 4.69) is 36.5 Å². The number of aryl methyl sites for hydroxylation is 2. The first kappa shape index (κ1) is 18.4. The van der Waals surface area contributed by atoms with Crippen LogP contribution in [0.1, 0.15) is 24.5 Å². The Kier molecular flexibility index (Phi) is 6.23. The molecule has 2 aromatic rings. The van der Waals surface area contributed by atoms with Crippen LogP contribution in [-0.4, -0.2) is 32.2 Å². The van der Waals surface area contributed by atoms with E-state index in [1.807, 2.05) is 4.90 Å². The summed E-state index contributed by atoms with van der Waals surface area (Å²) in [6.07, 6.45) is 2.05. The van der Waals surface area contributed by atoms with E-state index in [0.29, 0.717) is 50.5 Å². The molecule has 5 heteroatoms. The summed E-state index contributed by atoms with van der Waals surface area (Å²) in [7, 11) is 0. The zero-order valence-electron chi connectivity index (χ0n) is 15.1. The first-order valence-electron chi connectivity index (χ1n) is 9.15. The molecular formula is C21H25FN2O2. The molecule has 1 N–H and O–H groups in total. The van der Waals surface area contributed by atoms with E-state index in [4.69, 9.17) is 4.74 Å². The molecule has 0 bridgehead atoms.